The van der Waals surface area contributed by atoms with E-state index >= 15 is 0 Å². The maximum atomic E-state index is 4.39. The molecule has 1 aliphatic carbocycles. The number of likely N-dealkylation sites (N-methyl/N-ethyl adjacent to an activating group) is 1. The quantitative estimate of drug-likeness (QED) is 0.804. The van der Waals surface area contributed by atoms with Gasteiger partial charge in [0.25, 0.3) is 0 Å². The summed E-state index contributed by atoms with van der Waals surface area (Å²) in [6.45, 7) is 5.14. The minimum Gasteiger partial charge on any atom is -0.368 e. The van der Waals surface area contributed by atoms with Crippen LogP contribution in [0.4, 0.5) is 11.8 Å². The van der Waals surface area contributed by atoms with Crippen molar-refractivity contribution in [2.75, 3.05) is 31.3 Å². The minimum absolute atomic E-state index is 0.519. The molecule has 18 heavy (non-hydrogen) atoms. The Labute approximate surface area is 109 Å². The summed E-state index contributed by atoms with van der Waals surface area (Å²) < 4.78 is 0. The van der Waals surface area contributed by atoms with Crippen molar-refractivity contribution in [1.82, 2.24) is 14.9 Å². The normalized spacial score (nSPS) is 16.7. The molecule has 2 N–H and O–H groups in total. The number of aromatic nitrogens is 2. The van der Waals surface area contributed by atoms with Gasteiger partial charge in [-0.1, -0.05) is 0 Å². The number of nitrogens with one attached hydrogen (secondary N) is 2. The zero-order valence-corrected chi connectivity index (χ0v) is 11.7. The topological polar surface area (TPSA) is 53.1 Å². The highest BCUT2D eigenvalue weighted by Gasteiger charge is 2.28. The summed E-state index contributed by atoms with van der Waals surface area (Å²) in [5, 5.41) is 6.36. The van der Waals surface area contributed by atoms with Crippen LogP contribution in [0.5, 0.6) is 0 Å². The Hall–Kier alpha value is -1.36. The number of rotatable bonds is 6. The molecule has 1 aromatic heterocycles. The van der Waals surface area contributed by atoms with Gasteiger partial charge in [-0.15, -0.1) is 0 Å². The molecule has 1 aromatic rings. The van der Waals surface area contributed by atoms with Crippen LogP contribution in [0.2, 0.25) is 0 Å². The molecular weight excluding hydrogens is 226 g/mol. The van der Waals surface area contributed by atoms with Crippen LogP contribution in [0, 0.1) is 6.92 Å². The molecular formula is C13H23N5. The first-order valence-corrected chi connectivity index (χ1v) is 6.59. The molecule has 0 bridgehead atoms. The fraction of sp³-hybridized carbons (Fsp3) is 0.692. The van der Waals surface area contributed by atoms with E-state index in [2.05, 4.69) is 39.5 Å². The van der Waals surface area contributed by atoms with Gasteiger partial charge in [-0.25, -0.2) is 4.98 Å². The Morgan fingerprint density at radius 2 is 2.17 bits per heavy atom. The summed E-state index contributed by atoms with van der Waals surface area (Å²) >= 11 is 0. The Morgan fingerprint density at radius 1 is 1.44 bits per heavy atom. The molecule has 0 aromatic carbocycles. The molecule has 1 fully saturated rings. The van der Waals surface area contributed by atoms with E-state index in [1.165, 1.54) is 12.8 Å². The van der Waals surface area contributed by atoms with Gasteiger partial charge < -0.3 is 10.6 Å². The molecule has 0 saturated heterocycles. The molecule has 0 radical (unpaired) electrons. The number of aryl methyl sites for hydroxylation is 1. The van der Waals surface area contributed by atoms with Crippen LogP contribution < -0.4 is 10.6 Å². The van der Waals surface area contributed by atoms with Crippen molar-refractivity contribution < 1.29 is 0 Å². The van der Waals surface area contributed by atoms with E-state index in [-0.39, 0.29) is 0 Å². The summed E-state index contributed by atoms with van der Waals surface area (Å²) in [5.74, 6) is 1.56. The summed E-state index contributed by atoms with van der Waals surface area (Å²) in [5.41, 5.74) is 0.972. The lowest BCUT2D eigenvalue weighted by molar-refractivity contribution is 0.257. The van der Waals surface area contributed by atoms with Crippen LogP contribution in [0.25, 0.3) is 0 Å². The van der Waals surface area contributed by atoms with E-state index in [0.29, 0.717) is 12.0 Å². The highest BCUT2D eigenvalue weighted by atomic mass is 15.2. The second kappa shape index (κ2) is 5.52. The average molecular weight is 249 g/mol. The SMILES string of the molecule is CNc1nc(C)cc(NCC(C)N(C)C2CC2)n1. The van der Waals surface area contributed by atoms with Gasteiger partial charge in [0.1, 0.15) is 5.82 Å². The summed E-state index contributed by atoms with van der Waals surface area (Å²) in [6, 6.07) is 3.29. The largest absolute Gasteiger partial charge is 0.368 e. The lowest BCUT2D eigenvalue weighted by atomic mass is 10.3. The van der Waals surface area contributed by atoms with Gasteiger partial charge in [0.2, 0.25) is 5.95 Å². The van der Waals surface area contributed by atoms with Crippen LogP contribution in [0.15, 0.2) is 6.07 Å². The lowest BCUT2D eigenvalue weighted by Gasteiger charge is -2.24. The van der Waals surface area contributed by atoms with Crippen LogP contribution in [-0.4, -0.2) is 47.6 Å². The highest BCUT2D eigenvalue weighted by molar-refractivity contribution is 5.41. The zero-order valence-electron chi connectivity index (χ0n) is 11.7. The summed E-state index contributed by atoms with van der Waals surface area (Å²) in [6.07, 6.45) is 2.69. The predicted octanol–water partition coefficient (Wildman–Crippen LogP) is 1.72. The van der Waals surface area contributed by atoms with Crippen molar-refractivity contribution in [2.45, 2.75) is 38.8 Å². The van der Waals surface area contributed by atoms with E-state index in [1.54, 1.807) is 0 Å². The maximum absolute atomic E-state index is 4.39. The average Bonchev–Trinajstić information content (AvgIpc) is 3.18. The van der Waals surface area contributed by atoms with Crippen molar-refractivity contribution in [1.29, 1.82) is 0 Å². The molecule has 1 unspecified atom stereocenters. The first-order chi connectivity index (χ1) is 8.60. The Balaban J connectivity index is 1.90. The van der Waals surface area contributed by atoms with Crippen LogP contribution in [-0.2, 0) is 0 Å². The van der Waals surface area contributed by atoms with E-state index in [0.717, 1.165) is 24.1 Å². The molecule has 100 valence electrons. The molecule has 0 amide bonds. The van der Waals surface area contributed by atoms with Crippen molar-refractivity contribution in [3.8, 4) is 0 Å². The van der Waals surface area contributed by atoms with Crippen LogP contribution in [0.1, 0.15) is 25.5 Å². The lowest BCUT2D eigenvalue weighted by Crippen LogP contribution is -2.36. The molecule has 1 atom stereocenters. The minimum atomic E-state index is 0.519. The third kappa shape index (κ3) is 3.32. The van der Waals surface area contributed by atoms with Crippen molar-refractivity contribution in [3.63, 3.8) is 0 Å². The van der Waals surface area contributed by atoms with Crippen molar-refractivity contribution in [2.24, 2.45) is 0 Å². The number of nitrogens with zero attached hydrogens (tertiary/aromatic N) is 3. The highest BCUT2D eigenvalue weighted by Crippen LogP contribution is 2.26. The second-order valence-corrected chi connectivity index (χ2v) is 5.09. The Bertz CT molecular complexity index is 402. The van der Waals surface area contributed by atoms with E-state index in [1.807, 2.05) is 20.0 Å². The molecule has 2 rings (SSSR count). The smallest absolute Gasteiger partial charge is 0.224 e. The Morgan fingerprint density at radius 3 is 2.78 bits per heavy atom. The van der Waals surface area contributed by atoms with Gasteiger partial charge >= 0.3 is 0 Å². The predicted molar refractivity (Wildman–Crippen MR) is 75.1 cm³/mol. The van der Waals surface area contributed by atoms with Gasteiger partial charge in [0, 0.05) is 37.4 Å². The second-order valence-electron chi connectivity index (χ2n) is 5.09. The van der Waals surface area contributed by atoms with Gasteiger partial charge in [-0.3, -0.25) is 4.90 Å². The standard InChI is InChI=1S/C13H23N5/c1-9-7-12(17-13(14-3)16-9)15-8-10(2)18(4)11-5-6-11/h7,10-11H,5-6,8H2,1-4H3,(H2,14,15,16,17). The third-order valence-electron chi connectivity index (χ3n) is 3.47. The molecule has 5 heteroatoms. The van der Waals surface area contributed by atoms with E-state index in [9.17, 15) is 0 Å². The molecule has 1 aliphatic rings. The summed E-state index contributed by atoms with van der Waals surface area (Å²) in [7, 11) is 4.04. The summed E-state index contributed by atoms with van der Waals surface area (Å²) in [4.78, 5) is 11.1. The Kier molecular flexibility index (Phi) is 4.01. The van der Waals surface area contributed by atoms with Gasteiger partial charge in [0.15, 0.2) is 0 Å². The number of anilines is 2. The first kappa shape index (κ1) is 13.1. The van der Waals surface area contributed by atoms with Crippen molar-refractivity contribution >= 4 is 11.8 Å². The zero-order chi connectivity index (χ0) is 13.1. The molecule has 0 spiro atoms. The number of hydrogen-bond acceptors (Lipinski definition) is 5. The van der Waals surface area contributed by atoms with Crippen LogP contribution >= 0.6 is 0 Å². The van der Waals surface area contributed by atoms with Crippen LogP contribution in [0.3, 0.4) is 0 Å². The monoisotopic (exact) mass is 249 g/mol. The first-order valence-electron chi connectivity index (χ1n) is 6.59. The molecule has 1 heterocycles. The van der Waals surface area contributed by atoms with E-state index < -0.39 is 0 Å². The number of hydrogen-bond donors (Lipinski definition) is 2. The third-order valence-corrected chi connectivity index (χ3v) is 3.47. The van der Waals surface area contributed by atoms with Gasteiger partial charge in [-0.05, 0) is 33.7 Å². The van der Waals surface area contributed by atoms with Crippen molar-refractivity contribution in [3.05, 3.63) is 11.8 Å². The molecule has 5 nitrogen and oxygen atoms in total. The van der Waals surface area contributed by atoms with Gasteiger partial charge in [-0.2, -0.15) is 4.98 Å². The maximum Gasteiger partial charge on any atom is 0.224 e. The molecule has 1 saturated carbocycles. The fourth-order valence-electron chi connectivity index (χ4n) is 2.01. The molecule has 0 aliphatic heterocycles. The van der Waals surface area contributed by atoms with Gasteiger partial charge in [0.05, 0.1) is 0 Å². The fourth-order valence-corrected chi connectivity index (χ4v) is 2.01. The van der Waals surface area contributed by atoms with E-state index in [4.69, 9.17) is 0 Å².